The van der Waals surface area contributed by atoms with Crippen LogP contribution in [-0.4, -0.2) is 12.8 Å². The SMILES string of the molecule is CN1c2ccccc2C2(SCC2(C)C#N)c2ccccc21. The summed E-state index contributed by atoms with van der Waals surface area (Å²) in [7, 11) is 2.11. The molecule has 2 aliphatic heterocycles. The predicted molar refractivity (Wildman–Crippen MR) is 87.9 cm³/mol. The van der Waals surface area contributed by atoms with Crippen LogP contribution in [0.5, 0.6) is 0 Å². The van der Waals surface area contributed by atoms with Gasteiger partial charge in [0.2, 0.25) is 0 Å². The molecule has 1 saturated heterocycles. The van der Waals surface area contributed by atoms with Crippen molar-refractivity contribution < 1.29 is 0 Å². The Morgan fingerprint density at radius 3 is 2.00 bits per heavy atom. The molecule has 0 N–H and O–H groups in total. The number of rotatable bonds is 0. The van der Waals surface area contributed by atoms with Crippen LogP contribution in [0.25, 0.3) is 0 Å². The van der Waals surface area contributed by atoms with Gasteiger partial charge in [0.05, 0.1) is 16.2 Å². The highest BCUT2D eigenvalue weighted by Crippen LogP contribution is 2.69. The fraction of sp³-hybridized carbons (Fsp3) is 0.278. The van der Waals surface area contributed by atoms with E-state index in [-0.39, 0.29) is 10.2 Å². The Labute approximate surface area is 129 Å². The molecule has 2 nitrogen and oxygen atoms in total. The standard InChI is InChI=1S/C18H16N2S/c1-17(11-19)12-21-18(17)13-7-3-5-9-15(13)20(2)16-10-6-4-8-14(16)18/h3-10H,12H2,1-2H3. The highest BCUT2D eigenvalue weighted by atomic mass is 32.2. The Kier molecular flexibility index (Phi) is 2.47. The van der Waals surface area contributed by atoms with Gasteiger partial charge in [0.25, 0.3) is 0 Å². The van der Waals surface area contributed by atoms with Crippen molar-refractivity contribution in [1.29, 1.82) is 5.26 Å². The maximum Gasteiger partial charge on any atom is 0.0889 e. The first-order chi connectivity index (χ1) is 10.1. The van der Waals surface area contributed by atoms with Crippen LogP contribution in [0.1, 0.15) is 18.1 Å². The molecule has 0 aliphatic carbocycles. The van der Waals surface area contributed by atoms with Crippen molar-refractivity contribution in [2.24, 2.45) is 5.41 Å². The highest BCUT2D eigenvalue weighted by Gasteiger charge is 2.62. The van der Waals surface area contributed by atoms with E-state index in [4.69, 9.17) is 0 Å². The number of anilines is 2. The second kappa shape index (κ2) is 4.05. The Morgan fingerprint density at radius 1 is 1.05 bits per heavy atom. The van der Waals surface area contributed by atoms with Crippen molar-refractivity contribution in [2.45, 2.75) is 11.7 Å². The number of fused-ring (bicyclic) bond motifs is 4. The minimum absolute atomic E-state index is 0.235. The molecule has 104 valence electrons. The van der Waals surface area contributed by atoms with Gasteiger partial charge < -0.3 is 4.90 Å². The second-order valence-corrected chi connectivity index (χ2v) is 7.20. The largest absolute Gasteiger partial charge is 0.344 e. The van der Waals surface area contributed by atoms with Gasteiger partial charge in [-0.05, 0) is 30.2 Å². The first-order valence-corrected chi connectivity index (χ1v) is 8.10. The van der Waals surface area contributed by atoms with Crippen molar-refractivity contribution in [3.63, 3.8) is 0 Å². The molecule has 2 aliphatic rings. The molecule has 21 heavy (non-hydrogen) atoms. The molecule has 2 aromatic rings. The smallest absolute Gasteiger partial charge is 0.0889 e. The number of benzene rings is 2. The Hall–Kier alpha value is -1.92. The van der Waals surface area contributed by atoms with Crippen LogP contribution in [0.4, 0.5) is 11.4 Å². The van der Waals surface area contributed by atoms with Crippen molar-refractivity contribution in [1.82, 2.24) is 0 Å². The van der Waals surface area contributed by atoms with Gasteiger partial charge in [0.15, 0.2) is 0 Å². The minimum atomic E-state index is -0.356. The molecule has 2 aromatic carbocycles. The lowest BCUT2D eigenvalue weighted by atomic mass is 9.67. The summed E-state index contributed by atoms with van der Waals surface area (Å²) >= 11 is 1.90. The average Bonchev–Trinajstić information content (AvgIpc) is 2.53. The Bertz CT molecular complexity index is 729. The lowest BCUT2D eigenvalue weighted by Gasteiger charge is -2.57. The van der Waals surface area contributed by atoms with E-state index in [0.29, 0.717) is 0 Å². The van der Waals surface area contributed by atoms with Gasteiger partial charge in [-0.15, -0.1) is 11.8 Å². The van der Waals surface area contributed by atoms with Gasteiger partial charge in [-0.25, -0.2) is 0 Å². The number of hydrogen-bond acceptors (Lipinski definition) is 3. The molecule has 1 spiro atoms. The van der Waals surface area contributed by atoms with Crippen LogP contribution < -0.4 is 4.90 Å². The average molecular weight is 292 g/mol. The number of para-hydroxylation sites is 2. The zero-order chi connectivity index (χ0) is 14.7. The van der Waals surface area contributed by atoms with Gasteiger partial charge in [0, 0.05) is 24.2 Å². The third-order valence-corrected chi connectivity index (χ3v) is 6.94. The van der Waals surface area contributed by atoms with Crippen molar-refractivity contribution >= 4 is 23.1 Å². The van der Waals surface area contributed by atoms with E-state index in [1.54, 1.807) is 0 Å². The van der Waals surface area contributed by atoms with E-state index in [0.717, 1.165) is 5.75 Å². The van der Waals surface area contributed by atoms with Gasteiger partial charge in [-0.3, -0.25) is 0 Å². The first kappa shape index (κ1) is 12.8. The van der Waals surface area contributed by atoms with E-state index < -0.39 is 0 Å². The fourth-order valence-electron chi connectivity index (χ4n) is 3.70. The molecular weight excluding hydrogens is 276 g/mol. The zero-order valence-corrected chi connectivity index (χ0v) is 12.9. The lowest BCUT2D eigenvalue weighted by Crippen LogP contribution is -2.54. The van der Waals surface area contributed by atoms with Gasteiger partial charge >= 0.3 is 0 Å². The molecule has 1 unspecified atom stereocenters. The Balaban J connectivity index is 2.10. The van der Waals surface area contributed by atoms with Crippen molar-refractivity contribution in [3.05, 3.63) is 59.7 Å². The summed E-state index contributed by atoms with van der Waals surface area (Å²) in [5, 5.41) is 9.80. The quantitative estimate of drug-likeness (QED) is 0.725. The number of hydrogen-bond donors (Lipinski definition) is 0. The lowest BCUT2D eigenvalue weighted by molar-refractivity contribution is 0.361. The summed E-state index contributed by atoms with van der Waals surface area (Å²) in [6.45, 7) is 2.10. The summed E-state index contributed by atoms with van der Waals surface area (Å²) in [6.07, 6.45) is 0. The summed E-state index contributed by atoms with van der Waals surface area (Å²) in [5.74, 6) is 0.885. The number of nitriles is 1. The molecule has 0 radical (unpaired) electrons. The second-order valence-electron chi connectivity index (χ2n) is 6.01. The molecule has 0 saturated carbocycles. The molecule has 4 rings (SSSR count). The van der Waals surface area contributed by atoms with E-state index in [1.807, 2.05) is 11.8 Å². The first-order valence-electron chi connectivity index (χ1n) is 7.12. The molecular formula is C18H16N2S. The highest BCUT2D eigenvalue weighted by molar-refractivity contribution is 8.02. The van der Waals surface area contributed by atoms with Crippen molar-refractivity contribution in [2.75, 3.05) is 17.7 Å². The minimum Gasteiger partial charge on any atom is -0.344 e. The van der Waals surface area contributed by atoms with E-state index in [2.05, 4.69) is 73.5 Å². The monoisotopic (exact) mass is 292 g/mol. The molecule has 1 fully saturated rings. The van der Waals surface area contributed by atoms with Crippen molar-refractivity contribution in [3.8, 4) is 6.07 Å². The fourth-order valence-corrected chi connectivity index (χ4v) is 5.33. The topological polar surface area (TPSA) is 27.0 Å². The Morgan fingerprint density at radius 2 is 1.57 bits per heavy atom. The summed E-state index contributed by atoms with van der Waals surface area (Å²) in [4.78, 5) is 2.24. The van der Waals surface area contributed by atoms with Crippen LogP contribution in [0.2, 0.25) is 0 Å². The summed E-state index contributed by atoms with van der Waals surface area (Å²) in [6, 6.07) is 19.6. The third kappa shape index (κ3) is 1.34. The maximum absolute atomic E-state index is 9.80. The molecule has 3 heteroatoms. The molecule has 0 bridgehead atoms. The molecule has 0 amide bonds. The predicted octanol–water partition coefficient (Wildman–Crippen LogP) is 4.29. The van der Waals surface area contributed by atoms with E-state index in [1.165, 1.54) is 22.5 Å². The van der Waals surface area contributed by atoms with Crippen LogP contribution in [0.15, 0.2) is 48.5 Å². The molecule has 2 heterocycles. The van der Waals surface area contributed by atoms with Crippen LogP contribution in [0, 0.1) is 16.7 Å². The van der Waals surface area contributed by atoms with Gasteiger partial charge in [-0.2, -0.15) is 5.26 Å². The summed E-state index contributed by atoms with van der Waals surface area (Å²) < 4.78 is -0.235. The van der Waals surface area contributed by atoms with Crippen LogP contribution >= 0.6 is 11.8 Å². The summed E-state index contributed by atoms with van der Waals surface area (Å²) in [5.41, 5.74) is 4.61. The van der Waals surface area contributed by atoms with Crippen LogP contribution in [0.3, 0.4) is 0 Å². The molecule has 1 atom stereocenters. The maximum atomic E-state index is 9.80. The normalized spacial score (nSPS) is 24.7. The van der Waals surface area contributed by atoms with Gasteiger partial charge in [0.1, 0.15) is 0 Å². The van der Waals surface area contributed by atoms with E-state index >= 15 is 0 Å². The van der Waals surface area contributed by atoms with E-state index in [9.17, 15) is 5.26 Å². The number of thioether (sulfide) groups is 1. The number of nitrogens with zero attached hydrogens (tertiary/aromatic N) is 2. The van der Waals surface area contributed by atoms with Gasteiger partial charge in [-0.1, -0.05) is 36.4 Å². The van der Waals surface area contributed by atoms with Crippen LogP contribution in [-0.2, 0) is 4.75 Å². The zero-order valence-electron chi connectivity index (χ0n) is 12.1. The molecule has 0 aromatic heterocycles. The third-order valence-electron chi connectivity index (χ3n) is 4.89.